The number of carbonyl (C=O) groups is 2. The zero-order valence-corrected chi connectivity index (χ0v) is 20.8. The van der Waals surface area contributed by atoms with Crippen LogP contribution in [0.1, 0.15) is 18.1 Å². The number of thiocarbonyl (C=S) groups is 1. The smallest absolute Gasteiger partial charge is 0.265 e. The van der Waals surface area contributed by atoms with Crippen LogP contribution in [0, 0.1) is 3.57 Å². The summed E-state index contributed by atoms with van der Waals surface area (Å²) in [6.07, 6.45) is 1.53. The fraction of sp³-hybridized carbons (Fsp3) is 0.190. The standard InChI is InChI=1S/C21H18BrIN2O4S/c1-3-28-17-10-13(8-15-19(26)24-21(30)25(2)20(15)27)9-16(23)18(17)29-11-12-4-6-14(22)7-5-12/h4-10H,3,11H2,1-2H3,(H,24,26,30)/b15-8+. The van der Waals surface area contributed by atoms with Crippen molar-refractivity contribution in [3.8, 4) is 11.5 Å². The summed E-state index contributed by atoms with van der Waals surface area (Å²) >= 11 is 10.5. The van der Waals surface area contributed by atoms with Crippen LogP contribution in [0.3, 0.4) is 0 Å². The summed E-state index contributed by atoms with van der Waals surface area (Å²) in [4.78, 5) is 25.9. The summed E-state index contributed by atoms with van der Waals surface area (Å²) in [5, 5.41) is 2.59. The summed E-state index contributed by atoms with van der Waals surface area (Å²) in [6, 6.07) is 11.5. The molecule has 6 nitrogen and oxygen atoms in total. The fourth-order valence-corrected chi connectivity index (χ4v) is 3.94. The topological polar surface area (TPSA) is 67.9 Å². The van der Waals surface area contributed by atoms with E-state index in [0.717, 1.165) is 13.6 Å². The van der Waals surface area contributed by atoms with Crippen molar-refractivity contribution in [1.82, 2.24) is 10.2 Å². The maximum atomic E-state index is 12.4. The van der Waals surface area contributed by atoms with Gasteiger partial charge in [0.05, 0.1) is 10.2 Å². The zero-order valence-electron chi connectivity index (χ0n) is 16.2. The summed E-state index contributed by atoms with van der Waals surface area (Å²) in [7, 11) is 1.52. The van der Waals surface area contributed by atoms with Crippen molar-refractivity contribution in [2.24, 2.45) is 0 Å². The van der Waals surface area contributed by atoms with Crippen molar-refractivity contribution in [3.05, 3.63) is 61.1 Å². The Kier molecular flexibility index (Phi) is 7.48. The number of nitrogens with zero attached hydrogens (tertiary/aromatic N) is 1. The molecule has 0 unspecified atom stereocenters. The second-order valence-corrected chi connectivity index (χ2v) is 8.82. The Morgan fingerprint density at radius 2 is 1.90 bits per heavy atom. The number of hydrogen-bond acceptors (Lipinski definition) is 5. The van der Waals surface area contributed by atoms with Crippen LogP contribution in [0.25, 0.3) is 6.08 Å². The highest BCUT2D eigenvalue weighted by atomic mass is 127. The van der Waals surface area contributed by atoms with E-state index in [1.165, 1.54) is 18.0 Å². The zero-order chi connectivity index (χ0) is 21.8. The molecule has 30 heavy (non-hydrogen) atoms. The summed E-state index contributed by atoms with van der Waals surface area (Å²) in [5.41, 5.74) is 1.68. The van der Waals surface area contributed by atoms with E-state index < -0.39 is 11.8 Å². The second-order valence-electron chi connectivity index (χ2n) is 6.36. The average Bonchev–Trinajstić information content (AvgIpc) is 2.70. The third-order valence-electron chi connectivity index (χ3n) is 4.24. The minimum atomic E-state index is -0.522. The van der Waals surface area contributed by atoms with Gasteiger partial charge >= 0.3 is 0 Å². The Balaban J connectivity index is 1.90. The molecule has 0 aliphatic carbocycles. The molecule has 2 aromatic rings. The van der Waals surface area contributed by atoms with Gasteiger partial charge in [-0.15, -0.1) is 0 Å². The third kappa shape index (κ3) is 5.19. The Morgan fingerprint density at radius 3 is 2.57 bits per heavy atom. The van der Waals surface area contributed by atoms with Crippen molar-refractivity contribution < 1.29 is 19.1 Å². The lowest BCUT2D eigenvalue weighted by Gasteiger charge is -2.25. The highest BCUT2D eigenvalue weighted by molar-refractivity contribution is 14.1. The minimum Gasteiger partial charge on any atom is -0.490 e. The van der Waals surface area contributed by atoms with Crippen LogP contribution in [0.2, 0.25) is 0 Å². The van der Waals surface area contributed by atoms with Gasteiger partial charge in [0.15, 0.2) is 16.6 Å². The fourth-order valence-electron chi connectivity index (χ4n) is 2.72. The third-order valence-corrected chi connectivity index (χ3v) is 5.95. The van der Waals surface area contributed by atoms with Gasteiger partial charge in [0.2, 0.25) is 0 Å². The van der Waals surface area contributed by atoms with E-state index in [2.05, 4.69) is 43.8 Å². The van der Waals surface area contributed by atoms with Gasteiger partial charge in [0, 0.05) is 11.5 Å². The van der Waals surface area contributed by atoms with E-state index in [0.29, 0.717) is 30.3 Å². The van der Waals surface area contributed by atoms with E-state index in [1.807, 2.05) is 37.3 Å². The largest absolute Gasteiger partial charge is 0.490 e. The molecule has 1 saturated heterocycles. The predicted molar refractivity (Wildman–Crippen MR) is 130 cm³/mol. The van der Waals surface area contributed by atoms with Crippen LogP contribution < -0.4 is 14.8 Å². The van der Waals surface area contributed by atoms with Gasteiger partial charge in [-0.05, 0) is 83.2 Å². The van der Waals surface area contributed by atoms with Crippen LogP contribution in [0.15, 0.2) is 46.4 Å². The number of benzene rings is 2. The molecule has 156 valence electrons. The first-order chi connectivity index (χ1) is 14.3. The summed E-state index contributed by atoms with van der Waals surface area (Å²) in [6.45, 7) is 2.71. The number of amides is 2. The van der Waals surface area contributed by atoms with Crippen molar-refractivity contribution in [2.75, 3.05) is 13.7 Å². The molecule has 0 bridgehead atoms. The van der Waals surface area contributed by atoms with Crippen molar-refractivity contribution in [3.63, 3.8) is 0 Å². The molecule has 1 aliphatic rings. The molecule has 1 fully saturated rings. The number of hydrogen-bond donors (Lipinski definition) is 1. The molecule has 0 saturated carbocycles. The van der Waals surface area contributed by atoms with Crippen LogP contribution in [-0.2, 0) is 16.2 Å². The number of likely N-dealkylation sites (N-methyl/N-ethyl adjacent to an activating group) is 1. The Bertz CT molecular complexity index is 1040. The lowest BCUT2D eigenvalue weighted by Crippen LogP contribution is -2.52. The van der Waals surface area contributed by atoms with E-state index in [-0.39, 0.29) is 10.7 Å². The molecule has 2 aromatic carbocycles. The summed E-state index contributed by atoms with van der Waals surface area (Å²) < 4.78 is 13.6. The van der Waals surface area contributed by atoms with Crippen LogP contribution in [0.5, 0.6) is 11.5 Å². The highest BCUT2D eigenvalue weighted by Crippen LogP contribution is 2.35. The molecule has 3 rings (SSSR count). The average molecular weight is 601 g/mol. The van der Waals surface area contributed by atoms with Gasteiger partial charge in [0.25, 0.3) is 11.8 Å². The first kappa shape index (κ1) is 22.7. The van der Waals surface area contributed by atoms with E-state index in [4.69, 9.17) is 21.7 Å². The van der Waals surface area contributed by atoms with E-state index >= 15 is 0 Å². The molecule has 9 heteroatoms. The molecular formula is C21H18BrIN2O4S. The number of nitrogens with one attached hydrogen (secondary N) is 1. The van der Waals surface area contributed by atoms with Gasteiger partial charge in [-0.3, -0.25) is 19.8 Å². The Hall–Kier alpha value is -1.98. The van der Waals surface area contributed by atoms with Gasteiger partial charge in [-0.2, -0.15) is 0 Å². The van der Waals surface area contributed by atoms with E-state index in [1.54, 1.807) is 6.07 Å². The van der Waals surface area contributed by atoms with Crippen LogP contribution in [-0.4, -0.2) is 35.5 Å². The molecule has 0 spiro atoms. The second kappa shape index (κ2) is 9.88. The quantitative estimate of drug-likeness (QED) is 0.232. The first-order valence-corrected chi connectivity index (χ1v) is 11.3. The number of ether oxygens (including phenoxy) is 2. The molecule has 2 amide bonds. The number of carbonyl (C=O) groups excluding carboxylic acids is 2. The molecule has 1 heterocycles. The Labute approximate surface area is 201 Å². The summed E-state index contributed by atoms with van der Waals surface area (Å²) in [5.74, 6) is 0.181. The maximum Gasteiger partial charge on any atom is 0.265 e. The van der Waals surface area contributed by atoms with E-state index in [9.17, 15) is 9.59 Å². The molecule has 0 atom stereocenters. The van der Waals surface area contributed by atoms with Crippen molar-refractivity contribution in [2.45, 2.75) is 13.5 Å². The maximum absolute atomic E-state index is 12.4. The molecule has 0 radical (unpaired) electrons. The molecule has 1 N–H and O–H groups in total. The van der Waals surface area contributed by atoms with Crippen molar-refractivity contribution >= 4 is 73.7 Å². The first-order valence-electron chi connectivity index (χ1n) is 8.98. The Morgan fingerprint density at radius 1 is 1.20 bits per heavy atom. The monoisotopic (exact) mass is 600 g/mol. The van der Waals surface area contributed by atoms with Crippen molar-refractivity contribution in [1.29, 1.82) is 0 Å². The van der Waals surface area contributed by atoms with Gasteiger partial charge in [-0.1, -0.05) is 28.1 Å². The van der Waals surface area contributed by atoms with Gasteiger partial charge in [0.1, 0.15) is 12.2 Å². The minimum absolute atomic E-state index is 0.00730. The molecule has 0 aromatic heterocycles. The number of rotatable bonds is 6. The lowest BCUT2D eigenvalue weighted by atomic mass is 10.1. The van der Waals surface area contributed by atoms with Crippen LogP contribution in [0.4, 0.5) is 0 Å². The van der Waals surface area contributed by atoms with Gasteiger partial charge in [-0.25, -0.2) is 0 Å². The molecule has 1 aliphatic heterocycles. The highest BCUT2D eigenvalue weighted by Gasteiger charge is 2.30. The SMILES string of the molecule is CCOc1cc(/C=C2\C(=O)NC(=S)N(C)C2=O)cc(I)c1OCc1ccc(Br)cc1. The van der Waals surface area contributed by atoms with Gasteiger partial charge < -0.3 is 9.47 Å². The normalized spacial score (nSPS) is 15.4. The predicted octanol–water partition coefficient (Wildman–Crippen LogP) is 4.29. The number of halogens is 2. The van der Waals surface area contributed by atoms with Crippen LogP contribution >= 0.6 is 50.7 Å². The lowest BCUT2D eigenvalue weighted by molar-refractivity contribution is -0.128. The molecular weight excluding hydrogens is 583 g/mol.